The first-order chi connectivity index (χ1) is 17.0. The molecule has 0 heterocycles. The lowest BCUT2D eigenvalue weighted by atomic mass is 9.98. The van der Waals surface area contributed by atoms with Gasteiger partial charge in [0.25, 0.3) is 0 Å². The van der Waals surface area contributed by atoms with Crippen molar-refractivity contribution in [2.75, 3.05) is 14.2 Å². The minimum atomic E-state index is -5.87. The second kappa shape index (κ2) is 16.1. The van der Waals surface area contributed by atoms with Crippen LogP contribution in [0.2, 0.25) is 15.1 Å². The summed E-state index contributed by atoms with van der Waals surface area (Å²) in [6, 6.07) is 2.02. The predicted octanol–water partition coefficient (Wildman–Crippen LogP) is 6.45. The second-order valence-electron chi connectivity index (χ2n) is 7.99. The topological polar surface area (TPSA) is 130 Å². The van der Waals surface area contributed by atoms with Crippen molar-refractivity contribution < 1.29 is 41.1 Å². The fraction of sp³-hybridized carbons (Fsp3) is 0.636. The summed E-state index contributed by atoms with van der Waals surface area (Å²) in [4.78, 5) is 8.07. The van der Waals surface area contributed by atoms with Crippen molar-refractivity contribution in [2.24, 2.45) is 22.1 Å². The normalized spacial score (nSPS) is 18.2. The Balaban J connectivity index is 0.000000908. The van der Waals surface area contributed by atoms with Crippen LogP contribution >= 0.6 is 34.8 Å². The van der Waals surface area contributed by atoms with E-state index in [0.717, 1.165) is 24.6 Å². The van der Waals surface area contributed by atoms with Crippen LogP contribution in [0.1, 0.15) is 40.5 Å². The van der Waals surface area contributed by atoms with Gasteiger partial charge in [0, 0.05) is 11.8 Å². The molecule has 1 aromatic rings. The third-order valence-electron chi connectivity index (χ3n) is 5.28. The van der Waals surface area contributed by atoms with Gasteiger partial charge in [-0.2, -0.15) is 4.21 Å². The highest BCUT2D eigenvalue weighted by atomic mass is 35.5. The molecule has 0 aliphatic heterocycles. The van der Waals surface area contributed by atoms with Gasteiger partial charge in [-0.25, -0.2) is 8.78 Å². The summed E-state index contributed by atoms with van der Waals surface area (Å²) in [7, 11) is -3.27. The third kappa shape index (κ3) is 11.7. The monoisotopic (exact) mass is 614 g/mol. The van der Waals surface area contributed by atoms with Crippen LogP contribution in [-0.2, 0) is 23.8 Å². The van der Waals surface area contributed by atoms with Crippen LogP contribution in [0.5, 0.6) is 0 Å². The maximum absolute atomic E-state index is 14.1. The highest BCUT2D eigenvalue weighted by Gasteiger charge is 2.42. The van der Waals surface area contributed by atoms with Crippen molar-refractivity contribution in [3.63, 3.8) is 0 Å². The van der Waals surface area contributed by atoms with Gasteiger partial charge in [0.15, 0.2) is 0 Å². The smallest absolute Gasteiger partial charge is 0.217 e. The van der Waals surface area contributed by atoms with E-state index in [9.17, 15) is 27.2 Å². The van der Waals surface area contributed by atoms with E-state index in [1.165, 1.54) is 21.1 Å². The first kappa shape index (κ1) is 35.9. The van der Waals surface area contributed by atoms with Crippen LogP contribution in [-0.4, -0.2) is 69.6 Å². The molecule has 9 nitrogen and oxygen atoms in total. The number of nitrogens with zero attached hydrogens (tertiary/aromatic N) is 2. The fourth-order valence-corrected chi connectivity index (χ4v) is 5.45. The summed E-state index contributed by atoms with van der Waals surface area (Å²) < 4.78 is 65.4. The first-order valence-electron chi connectivity index (χ1n) is 11.1. The molecule has 0 aliphatic rings. The van der Waals surface area contributed by atoms with Crippen LogP contribution < -0.4 is 0 Å². The molecular weight excluding hydrogens is 581 g/mol. The average molecular weight is 616 g/mol. The zero-order valence-corrected chi connectivity index (χ0v) is 24.4. The van der Waals surface area contributed by atoms with E-state index >= 15 is 0 Å². The van der Waals surface area contributed by atoms with Crippen LogP contribution in [0, 0.1) is 11.8 Å². The molecule has 3 N–H and O–H groups in total. The summed E-state index contributed by atoms with van der Waals surface area (Å²) >= 11 is 17.5. The molecule has 216 valence electrons. The van der Waals surface area contributed by atoms with Gasteiger partial charge in [0.2, 0.25) is 9.91 Å². The van der Waals surface area contributed by atoms with Gasteiger partial charge in [-0.05, 0) is 25.0 Å². The average Bonchev–Trinajstić information content (AvgIpc) is 2.84. The molecule has 1 rings (SSSR count). The van der Waals surface area contributed by atoms with E-state index < -0.39 is 51.2 Å². The van der Waals surface area contributed by atoms with E-state index in [4.69, 9.17) is 39.0 Å². The molecule has 1 aromatic carbocycles. The summed E-state index contributed by atoms with van der Waals surface area (Å²) in [5, 5.41) is 15.5. The Labute approximate surface area is 231 Å². The minimum Gasteiger partial charge on any atom is -0.399 e. The van der Waals surface area contributed by atoms with Gasteiger partial charge in [-0.3, -0.25) is 13.3 Å². The van der Waals surface area contributed by atoms with Gasteiger partial charge in [0.1, 0.15) is 31.5 Å². The molecular formula is C22H35Cl3F2N2O7S. The molecule has 0 unspecified atom stereocenters. The van der Waals surface area contributed by atoms with Gasteiger partial charge in [-0.15, -0.1) is 0 Å². The third-order valence-corrected chi connectivity index (χ3v) is 8.12. The van der Waals surface area contributed by atoms with Crippen molar-refractivity contribution >= 4 is 57.1 Å². The van der Waals surface area contributed by atoms with Gasteiger partial charge < -0.3 is 14.8 Å². The molecule has 0 amide bonds. The molecule has 0 saturated heterocycles. The number of rotatable bonds is 13. The number of hydrogen-bond donors (Lipinski definition) is 3. The van der Waals surface area contributed by atoms with Crippen molar-refractivity contribution in [3.8, 4) is 0 Å². The summed E-state index contributed by atoms with van der Waals surface area (Å²) in [5.41, 5.74) is 0. The van der Waals surface area contributed by atoms with Crippen molar-refractivity contribution in [1.29, 1.82) is 0 Å². The largest absolute Gasteiger partial charge is 0.399 e. The lowest BCUT2D eigenvalue weighted by Crippen LogP contribution is -2.42. The molecule has 0 saturated carbocycles. The maximum Gasteiger partial charge on any atom is 0.217 e. The van der Waals surface area contributed by atoms with Crippen LogP contribution in [0.25, 0.3) is 0 Å². The second-order valence-corrected chi connectivity index (χ2v) is 11.4. The number of benzene rings is 1. The minimum absolute atomic E-state index is 0.0264. The van der Waals surface area contributed by atoms with Crippen molar-refractivity contribution in [3.05, 3.63) is 27.2 Å². The Hall–Kier alpha value is -1.12. The van der Waals surface area contributed by atoms with Crippen LogP contribution in [0.15, 0.2) is 27.3 Å². The quantitative estimate of drug-likeness (QED) is 0.132. The molecule has 0 fully saturated rings. The Morgan fingerprint density at radius 1 is 0.919 bits per heavy atom. The lowest BCUT2D eigenvalue weighted by molar-refractivity contribution is 0.0725. The summed E-state index contributed by atoms with van der Waals surface area (Å²) in [6.07, 6.45) is -2.04. The molecule has 0 aromatic heterocycles. The highest BCUT2D eigenvalue weighted by Crippen LogP contribution is 2.42. The SMILES string of the molecule is CC[C@@H](O)[C@@H](C)[C@H](F)C=NOC.CC[C@@H](OS(=O)(O)(O)c1cc(Cl)c(Cl)cc1Cl)[C@@H](C)[C@H](F)C=NOC. The van der Waals surface area contributed by atoms with Gasteiger partial charge in [0.05, 0.1) is 39.7 Å². The number of hydrogen-bond acceptors (Lipinski definition) is 7. The van der Waals surface area contributed by atoms with E-state index in [2.05, 4.69) is 20.0 Å². The van der Waals surface area contributed by atoms with E-state index in [1.54, 1.807) is 20.8 Å². The molecule has 37 heavy (non-hydrogen) atoms. The van der Waals surface area contributed by atoms with Gasteiger partial charge in [-0.1, -0.05) is 72.8 Å². The number of alkyl halides is 2. The highest BCUT2D eigenvalue weighted by molar-refractivity contribution is 8.06. The lowest BCUT2D eigenvalue weighted by Gasteiger charge is -2.37. The van der Waals surface area contributed by atoms with Crippen LogP contribution in [0.3, 0.4) is 0 Å². The Morgan fingerprint density at radius 2 is 1.38 bits per heavy atom. The number of aliphatic hydroxyl groups is 1. The molecule has 15 heteroatoms. The first-order valence-corrected chi connectivity index (χ1v) is 14.1. The van der Waals surface area contributed by atoms with E-state index in [0.29, 0.717) is 6.42 Å². The van der Waals surface area contributed by atoms with Crippen molar-refractivity contribution in [2.45, 2.75) is 70.0 Å². The van der Waals surface area contributed by atoms with Gasteiger partial charge >= 0.3 is 0 Å². The van der Waals surface area contributed by atoms with E-state index in [-0.39, 0.29) is 21.5 Å². The maximum atomic E-state index is 14.1. The summed E-state index contributed by atoms with van der Waals surface area (Å²) in [6.45, 7) is 6.47. The van der Waals surface area contributed by atoms with Crippen LogP contribution in [0.4, 0.5) is 8.78 Å². The molecule has 0 bridgehead atoms. The number of aliphatic hydroxyl groups excluding tert-OH is 1. The Morgan fingerprint density at radius 3 is 1.81 bits per heavy atom. The predicted molar refractivity (Wildman–Crippen MR) is 144 cm³/mol. The number of oxime groups is 2. The fourth-order valence-electron chi connectivity index (χ4n) is 2.87. The zero-order valence-electron chi connectivity index (χ0n) is 21.4. The summed E-state index contributed by atoms with van der Waals surface area (Å²) in [5.74, 6) is -1.36. The standard InChI is InChI=1S/C14H19Cl3FNO5S.C8H16FNO2/c1-4-13(8(2)12(18)7-19-23-3)24-25(20,21,22)14-6-10(16)9(15)5-11(14)17;1-4-8(11)6(2)7(9)5-10-12-3/h5-8,12-13H,4H2,1-3H3,(H2,20,21,22);5-8,11H,4H2,1-3H3/t8-,12+,13+;6-,7+,8+/m00/s1. The number of halogens is 5. The molecule has 0 spiro atoms. The van der Waals surface area contributed by atoms with E-state index in [1.807, 2.05) is 0 Å². The zero-order chi connectivity index (χ0) is 29.0. The molecule has 0 aliphatic carbocycles. The Kier molecular flexibility index (Phi) is 15.6. The Bertz CT molecular complexity index is 968. The van der Waals surface area contributed by atoms with Crippen molar-refractivity contribution in [1.82, 2.24) is 0 Å². The molecule has 0 radical (unpaired) electrons. The molecule has 6 atom stereocenters.